The Bertz CT molecular complexity index is 461. The Balaban J connectivity index is 2.04. The van der Waals surface area contributed by atoms with Gasteiger partial charge in [-0.3, -0.25) is 0 Å². The maximum absolute atomic E-state index is 6.00. The van der Waals surface area contributed by atoms with E-state index in [1.54, 1.807) is 14.2 Å². The molecule has 1 aliphatic carbocycles. The van der Waals surface area contributed by atoms with Crippen molar-refractivity contribution < 1.29 is 14.2 Å². The van der Waals surface area contributed by atoms with E-state index in [2.05, 4.69) is 17.4 Å². The third kappa shape index (κ3) is 2.30. The number of fused-ring (bicyclic) bond motifs is 3. The van der Waals surface area contributed by atoms with Gasteiger partial charge in [0, 0.05) is 12.6 Å². The van der Waals surface area contributed by atoms with Gasteiger partial charge in [0.25, 0.3) is 0 Å². The lowest BCUT2D eigenvalue weighted by atomic mass is 9.97. The minimum absolute atomic E-state index is 0.144. The number of methoxy groups -OCH3 is 2. The molecule has 0 radical (unpaired) electrons. The van der Waals surface area contributed by atoms with Crippen LogP contribution in [-0.4, -0.2) is 33.4 Å². The van der Waals surface area contributed by atoms with Crippen molar-refractivity contribution in [1.29, 1.82) is 0 Å². The molecule has 104 valence electrons. The highest BCUT2D eigenvalue weighted by atomic mass is 16.5. The van der Waals surface area contributed by atoms with E-state index in [0.717, 1.165) is 37.5 Å². The van der Waals surface area contributed by atoms with E-state index in [1.165, 1.54) is 17.5 Å². The van der Waals surface area contributed by atoms with Crippen LogP contribution in [0.3, 0.4) is 0 Å². The molecule has 0 amide bonds. The first-order valence-electron chi connectivity index (χ1n) is 6.93. The number of hydrogen-bond acceptors (Lipinski definition) is 4. The summed E-state index contributed by atoms with van der Waals surface area (Å²) in [5.41, 5.74) is 2.58. The molecule has 1 saturated heterocycles. The quantitative estimate of drug-likeness (QED) is 0.886. The lowest BCUT2D eigenvalue weighted by Gasteiger charge is -2.32. The van der Waals surface area contributed by atoms with Crippen molar-refractivity contribution >= 4 is 0 Å². The van der Waals surface area contributed by atoms with Crippen LogP contribution in [0.5, 0.6) is 11.5 Å². The second-order valence-corrected chi connectivity index (χ2v) is 5.15. The Morgan fingerprint density at radius 3 is 2.79 bits per heavy atom. The molecule has 1 fully saturated rings. The third-order valence-corrected chi connectivity index (χ3v) is 4.08. The van der Waals surface area contributed by atoms with Crippen LogP contribution in [-0.2, 0) is 11.2 Å². The molecule has 1 aromatic carbocycles. The van der Waals surface area contributed by atoms with Gasteiger partial charge in [-0.25, -0.2) is 0 Å². The maximum atomic E-state index is 6.00. The summed E-state index contributed by atoms with van der Waals surface area (Å²) in [5, 5.41) is 3.57. The van der Waals surface area contributed by atoms with Crippen LogP contribution >= 0.6 is 0 Å². The zero-order valence-electron chi connectivity index (χ0n) is 11.6. The summed E-state index contributed by atoms with van der Waals surface area (Å²) in [5.74, 6) is 1.60. The minimum atomic E-state index is 0.144. The fraction of sp³-hybridized carbons (Fsp3) is 0.600. The number of morpholine rings is 1. The highest BCUT2D eigenvalue weighted by molar-refractivity contribution is 5.49. The number of hydrogen-bond donors (Lipinski definition) is 1. The van der Waals surface area contributed by atoms with Gasteiger partial charge < -0.3 is 19.5 Å². The molecule has 0 saturated carbocycles. The highest BCUT2D eigenvalue weighted by Crippen LogP contribution is 2.39. The predicted molar refractivity (Wildman–Crippen MR) is 73.0 cm³/mol. The number of nitrogens with one attached hydrogen (secondary N) is 1. The zero-order chi connectivity index (χ0) is 13.2. The van der Waals surface area contributed by atoms with Crippen molar-refractivity contribution in [2.45, 2.75) is 31.4 Å². The molecule has 4 heteroatoms. The average Bonchev–Trinajstić information content (AvgIpc) is 2.64. The molecule has 1 heterocycles. The summed E-state index contributed by atoms with van der Waals surface area (Å²) >= 11 is 0. The second kappa shape index (κ2) is 5.39. The van der Waals surface area contributed by atoms with Crippen LogP contribution in [0.2, 0.25) is 0 Å². The highest BCUT2D eigenvalue weighted by Gasteiger charge is 2.31. The van der Waals surface area contributed by atoms with Gasteiger partial charge in [0.15, 0.2) is 11.5 Å². The van der Waals surface area contributed by atoms with E-state index < -0.39 is 0 Å². The Hall–Kier alpha value is -1.26. The Labute approximate surface area is 114 Å². The zero-order valence-corrected chi connectivity index (χ0v) is 11.6. The number of rotatable bonds is 2. The smallest absolute Gasteiger partial charge is 0.161 e. The summed E-state index contributed by atoms with van der Waals surface area (Å²) in [6.07, 6.45) is 3.56. The van der Waals surface area contributed by atoms with Gasteiger partial charge in [0.1, 0.15) is 0 Å². The van der Waals surface area contributed by atoms with Crippen molar-refractivity contribution in [3.63, 3.8) is 0 Å². The first-order chi connectivity index (χ1) is 9.33. The molecule has 1 N–H and O–H groups in total. The molecule has 0 spiro atoms. The van der Waals surface area contributed by atoms with Crippen molar-refractivity contribution in [2.24, 2.45) is 0 Å². The molecule has 0 aromatic heterocycles. The lowest BCUT2D eigenvalue weighted by Crippen LogP contribution is -2.43. The largest absolute Gasteiger partial charge is 0.493 e. The van der Waals surface area contributed by atoms with Gasteiger partial charge in [-0.1, -0.05) is 0 Å². The van der Waals surface area contributed by atoms with Gasteiger partial charge in [-0.05, 0) is 42.5 Å². The second-order valence-electron chi connectivity index (χ2n) is 5.15. The normalized spacial score (nSPS) is 26.0. The molecular formula is C15H21NO3. The molecule has 2 atom stereocenters. The Morgan fingerprint density at radius 1 is 1.21 bits per heavy atom. The molecule has 1 aliphatic heterocycles. The van der Waals surface area contributed by atoms with Gasteiger partial charge in [-0.15, -0.1) is 0 Å². The van der Waals surface area contributed by atoms with E-state index >= 15 is 0 Å². The standard InChI is InChI=1S/C15H21NO3/c1-17-13-8-10-4-3-5-12-15(19-7-6-16-12)11(10)9-14(13)18-2/h8-9,12,15-16H,3-7H2,1-2H3/t12-,15-/m0/s1. The van der Waals surface area contributed by atoms with Crippen LogP contribution < -0.4 is 14.8 Å². The molecule has 3 rings (SSSR count). The molecule has 19 heavy (non-hydrogen) atoms. The van der Waals surface area contributed by atoms with Gasteiger partial charge in [0.05, 0.1) is 26.9 Å². The van der Waals surface area contributed by atoms with Crippen LogP contribution in [0.4, 0.5) is 0 Å². The van der Waals surface area contributed by atoms with Gasteiger partial charge >= 0.3 is 0 Å². The van der Waals surface area contributed by atoms with E-state index in [9.17, 15) is 0 Å². The van der Waals surface area contributed by atoms with Crippen molar-refractivity contribution in [1.82, 2.24) is 5.32 Å². The number of benzene rings is 1. The molecule has 0 bridgehead atoms. The van der Waals surface area contributed by atoms with E-state index in [1.807, 2.05) is 0 Å². The van der Waals surface area contributed by atoms with E-state index in [-0.39, 0.29) is 6.10 Å². The monoisotopic (exact) mass is 263 g/mol. The molecule has 2 aliphatic rings. The fourth-order valence-corrected chi connectivity index (χ4v) is 3.14. The maximum Gasteiger partial charge on any atom is 0.161 e. The fourth-order valence-electron chi connectivity index (χ4n) is 3.14. The molecular weight excluding hydrogens is 242 g/mol. The van der Waals surface area contributed by atoms with Crippen LogP contribution in [0, 0.1) is 0 Å². The summed E-state index contributed by atoms with van der Waals surface area (Å²) in [6, 6.07) is 4.62. The topological polar surface area (TPSA) is 39.7 Å². The third-order valence-electron chi connectivity index (χ3n) is 4.08. The summed E-state index contributed by atoms with van der Waals surface area (Å²) in [4.78, 5) is 0. The summed E-state index contributed by atoms with van der Waals surface area (Å²) in [7, 11) is 3.36. The summed E-state index contributed by atoms with van der Waals surface area (Å²) in [6.45, 7) is 1.72. The van der Waals surface area contributed by atoms with Crippen LogP contribution in [0.15, 0.2) is 12.1 Å². The first-order valence-corrected chi connectivity index (χ1v) is 6.93. The van der Waals surface area contributed by atoms with Gasteiger partial charge in [-0.2, -0.15) is 0 Å². The van der Waals surface area contributed by atoms with Crippen molar-refractivity contribution in [3.8, 4) is 11.5 Å². The molecule has 4 nitrogen and oxygen atoms in total. The number of ether oxygens (including phenoxy) is 3. The van der Waals surface area contributed by atoms with E-state index in [4.69, 9.17) is 14.2 Å². The minimum Gasteiger partial charge on any atom is -0.493 e. The number of aryl methyl sites for hydroxylation is 1. The summed E-state index contributed by atoms with van der Waals surface area (Å²) < 4.78 is 16.8. The van der Waals surface area contributed by atoms with E-state index in [0.29, 0.717) is 6.04 Å². The average molecular weight is 263 g/mol. The van der Waals surface area contributed by atoms with Crippen molar-refractivity contribution in [2.75, 3.05) is 27.4 Å². The molecule has 0 unspecified atom stereocenters. The lowest BCUT2D eigenvalue weighted by molar-refractivity contribution is -0.00657. The SMILES string of the molecule is COc1cc2c(cc1OC)[C@@H]1OCCN[C@H]1CCC2. The Kier molecular flexibility index (Phi) is 3.62. The van der Waals surface area contributed by atoms with Gasteiger partial charge in [0.2, 0.25) is 0 Å². The first kappa shape index (κ1) is 12.8. The van der Waals surface area contributed by atoms with Crippen molar-refractivity contribution in [3.05, 3.63) is 23.3 Å². The molecule has 1 aromatic rings. The Morgan fingerprint density at radius 2 is 2.00 bits per heavy atom. The van der Waals surface area contributed by atoms with Crippen LogP contribution in [0.1, 0.15) is 30.1 Å². The van der Waals surface area contributed by atoms with Crippen LogP contribution in [0.25, 0.3) is 0 Å². The predicted octanol–water partition coefficient (Wildman–Crippen LogP) is 2.07.